The molecule has 0 bridgehead atoms. The van der Waals surface area contributed by atoms with Crippen molar-refractivity contribution in [2.75, 3.05) is 20.7 Å². The molecule has 1 aromatic rings. The third-order valence-electron chi connectivity index (χ3n) is 2.95. The fourth-order valence-electron chi connectivity index (χ4n) is 1.57. The molecule has 4 nitrogen and oxygen atoms in total. The van der Waals surface area contributed by atoms with Gasteiger partial charge in [-0.2, -0.15) is 0 Å². The molecular formula is C14H22N2O2. The highest BCUT2D eigenvalue weighted by Crippen LogP contribution is 2.16. The number of carbonyl (C=O) groups is 1. The lowest BCUT2D eigenvalue weighted by Gasteiger charge is -2.21. The molecule has 0 aromatic heterocycles. The summed E-state index contributed by atoms with van der Waals surface area (Å²) < 4.78 is 5.25. The summed E-state index contributed by atoms with van der Waals surface area (Å²) in [4.78, 5) is 13.5. The lowest BCUT2D eigenvalue weighted by molar-refractivity contribution is -0.130. The molecular weight excluding hydrogens is 228 g/mol. The molecule has 0 atom stereocenters. The van der Waals surface area contributed by atoms with E-state index in [2.05, 4.69) is 5.32 Å². The lowest BCUT2D eigenvalue weighted by atomic mass is 10.2. The van der Waals surface area contributed by atoms with Gasteiger partial charge in [-0.1, -0.05) is 18.2 Å². The minimum absolute atomic E-state index is 0.0971. The number of para-hydroxylation sites is 1. The second kappa shape index (κ2) is 7.01. The molecule has 100 valence electrons. The number of ether oxygens (including phenoxy) is 1. The first-order valence-electron chi connectivity index (χ1n) is 6.14. The van der Waals surface area contributed by atoms with Gasteiger partial charge in [-0.05, 0) is 19.9 Å². The Morgan fingerprint density at radius 2 is 2.06 bits per heavy atom. The molecule has 18 heavy (non-hydrogen) atoms. The number of hydrogen-bond acceptors (Lipinski definition) is 3. The zero-order chi connectivity index (χ0) is 13.5. The van der Waals surface area contributed by atoms with Gasteiger partial charge in [0, 0.05) is 25.2 Å². The zero-order valence-corrected chi connectivity index (χ0v) is 11.6. The van der Waals surface area contributed by atoms with Crippen LogP contribution in [0.1, 0.15) is 19.4 Å². The van der Waals surface area contributed by atoms with Crippen LogP contribution in [-0.2, 0) is 11.3 Å². The van der Waals surface area contributed by atoms with Crippen molar-refractivity contribution in [3.05, 3.63) is 29.8 Å². The van der Waals surface area contributed by atoms with Gasteiger partial charge in [-0.3, -0.25) is 4.79 Å². The summed E-state index contributed by atoms with van der Waals surface area (Å²) in [5, 5.41) is 3.14. The minimum Gasteiger partial charge on any atom is -0.496 e. The highest BCUT2D eigenvalue weighted by Gasteiger charge is 2.11. The van der Waals surface area contributed by atoms with Crippen molar-refractivity contribution in [1.82, 2.24) is 10.2 Å². The first-order valence-corrected chi connectivity index (χ1v) is 6.14. The topological polar surface area (TPSA) is 41.6 Å². The number of nitrogens with zero attached hydrogens (tertiary/aromatic N) is 1. The predicted octanol–water partition coefficient (Wildman–Crippen LogP) is 1.65. The standard InChI is InChI=1S/C14H22N2O2/c1-11(2)16(3)14(17)10-15-9-12-7-5-6-8-13(12)18-4/h5-8,11,15H,9-10H2,1-4H3. The number of rotatable bonds is 6. The molecule has 4 heteroatoms. The van der Waals surface area contributed by atoms with E-state index in [-0.39, 0.29) is 11.9 Å². The Bertz CT molecular complexity index is 391. The van der Waals surface area contributed by atoms with Gasteiger partial charge in [0.2, 0.25) is 5.91 Å². The van der Waals surface area contributed by atoms with Gasteiger partial charge in [0.15, 0.2) is 0 Å². The smallest absolute Gasteiger partial charge is 0.236 e. The molecule has 0 aliphatic carbocycles. The maximum Gasteiger partial charge on any atom is 0.236 e. The highest BCUT2D eigenvalue weighted by molar-refractivity contribution is 5.78. The number of nitrogens with one attached hydrogen (secondary N) is 1. The normalized spacial score (nSPS) is 10.5. The molecule has 0 unspecified atom stereocenters. The van der Waals surface area contributed by atoms with Crippen LogP contribution in [0.5, 0.6) is 5.75 Å². The van der Waals surface area contributed by atoms with Gasteiger partial charge < -0.3 is 15.0 Å². The van der Waals surface area contributed by atoms with Gasteiger partial charge in [-0.15, -0.1) is 0 Å². The number of likely N-dealkylation sites (N-methyl/N-ethyl adjacent to an activating group) is 1. The summed E-state index contributed by atoms with van der Waals surface area (Å²) in [6.07, 6.45) is 0. The van der Waals surface area contributed by atoms with Crippen molar-refractivity contribution < 1.29 is 9.53 Å². The van der Waals surface area contributed by atoms with Crippen LogP contribution in [0.2, 0.25) is 0 Å². The Balaban J connectivity index is 2.44. The summed E-state index contributed by atoms with van der Waals surface area (Å²) in [6, 6.07) is 8.02. The largest absolute Gasteiger partial charge is 0.496 e. The summed E-state index contributed by atoms with van der Waals surface area (Å²) in [6.45, 7) is 4.96. The van der Waals surface area contributed by atoms with E-state index in [1.807, 2.05) is 45.2 Å². The van der Waals surface area contributed by atoms with Crippen LogP contribution in [0.3, 0.4) is 0 Å². The second-order valence-corrected chi connectivity index (χ2v) is 4.51. The quantitative estimate of drug-likeness (QED) is 0.834. The van der Waals surface area contributed by atoms with Crippen LogP contribution in [0.25, 0.3) is 0 Å². The lowest BCUT2D eigenvalue weighted by Crippen LogP contribution is -2.39. The third-order valence-corrected chi connectivity index (χ3v) is 2.95. The molecule has 1 rings (SSSR count). The van der Waals surface area contributed by atoms with Crippen molar-refractivity contribution in [2.45, 2.75) is 26.4 Å². The monoisotopic (exact) mass is 250 g/mol. The zero-order valence-electron chi connectivity index (χ0n) is 11.6. The Morgan fingerprint density at radius 3 is 2.67 bits per heavy atom. The first kappa shape index (κ1) is 14.5. The van der Waals surface area contributed by atoms with Crippen molar-refractivity contribution in [3.63, 3.8) is 0 Å². The van der Waals surface area contributed by atoms with Gasteiger partial charge in [0.05, 0.1) is 13.7 Å². The van der Waals surface area contributed by atoms with Crippen molar-refractivity contribution in [3.8, 4) is 5.75 Å². The fraction of sp³-hybridized carbons (Fsp3) is 0.500. The van der Waals surface area contributed by atoms with Crippen LogP contribution in [0, 0.1) is 0 Å². The van der Waals surface area contributed by atoms with E-state index in [0.717, 1.165) is 11.3 Å². The average Bonchev–Trinajstić information content (AvgIpc) is 2.38. The van der Waals surface area contributed by atoms with Gasteiger partial charge in [-0.25, -0.2) is 0 Å². The number of hydrogen-bond donors (Lipinski definition) is 1. The molecule has 0 saturated carbocycles. The van der Waals surface area contributed by atoms with Gasteiger partial charge in [0.25, 0.3) is 0 Å². The molecule has 0 saturated heterocycles. The van der Waals surface area contributed by atoms with E-state index < -0.39 is 0 Å². The van der Waals surface area contributed by atoms with E-state index in [9.17, 15) is 4.79 Å². The summed E-state index contributed by atoms with van der Waals surface area (Å²) in [5.74, 6) is 0.939. The minimum atomic E-state index is 0.0971. The van der Waals surface area contributed by atoms with Crippen molar-refractivity contribution in [2.24, 2.45) is 0 Å². The van der Waals surface area contributed by atoms with Crippen LogP contribution >= 0.6 is 0 Å². The van der Waals surface area contributed by atoms with Crippen molar-refractivity contribution >= 4 is 5.91 Å². The Hall–Kier alpha value is -1.55. The molecule has 0 spiro atoms. The number of benzene rings is 1. The molecule has 1 N–H and O–H groups in total. The molecule has 0 radical (unpaired) electrons. The number of amides is 1. The first-order chi connectivity index (χ1) is 8.56. The summed E-state index contributed by atoms with van der Waals surface area (Å²) in [5.41, 5.74) is 1.06. The molecule has 0 heterocycles. The van der Waals surface area contributed by atoms with E-state index in [4.69, 9.17) is 4.74 Å². The Morgan fingerprint density at radius 1 is 1.39 bits per heavy atom. The van der Waals surface area contributed by atoms with Gasteiger partial charge >= 0.3 is 0 Å². The van der Waals surface area contributed by atoms with E-state index in [1.165, 1.54) is 0 Å². The Labute approximate surface area is 109 Å². The molecule has 1 aromatic carbocycles. The van der Waals surface area contributed by atoms with Crippen LogP contribution in [0.4, 0.5) is 0 Å². The van der Waals surface area contributed by atoms with Crippen LogP contribution in [-0.4, -0.2) is 37.6 Å². The molecule has 1 amide bonds. The number of carbonyl (C=O) groups excluding carboxylic acids is 1. The van der Waals surface area contributed by atoms with E-state index in [0.29, 0.717) is 13.1 Å². The maximum absolute atomic E-state index is 11.8. The molecule has 0 fully saturated rings. The van der Waals surface area contributed by atoms with Gasteiger partial charge in [0.1, 0.15) is 5.75 Å². The number of methoxy groups -OCH3 is 1. The van der Waals surface area contributed by atoms with Crippen LogP contribution in [0.15, 0.2) is 24.3 Å². The summed E-state index contributed by atoms with van der Waals surface area (Å²) >= 11 is 0. The third kappa shape index (κ3) is 4.04. The summed E-state index contributed by atoms with van der Waals surface area (Å²) in [7, 11) is 3.47. The highest BCUT2D eigenvalue weighted by atomic mass is 16.5. The Kier molecular flexibility index (Phi) is 5.65. The van der Waals surface area contributed by atoms with E-state index in [1.54, 1.807) is 12.0 Å². The SMILES string of the molecule is COc1ccccc1CNCC(=O)N(C)C(C)C. The second-order valence-electron chi connectivity index (χ2n) is 4.51. The van der Waals surface area contributed by atoms with Crippen LogP contribution < -0.4 is 10.1 Å². The fourth-order valence-corrected chi connectivity index (χ4v) is 1.57. The van der Waals surface area contributed by atoms with E-state index >= 15 is 0 Å². The predicted molar refractivity (Wildman–Crippen MR) is 72.6 cm³/mol. The molecule has 0 aliphatic rings. The average molecular weight is 250 g/mol. The maximum atomic E-state index is 11.8. The van der Waals surface area contributed by atoms with Crippen molar-refractivity contribution in [1.29, 1.82) is 0 Å². The molecule has 0 aliphatic heterocycles.